The minimum absolute atomic E-state index is 0.00330. The van der Waals surface area contributed by atoms with Crippen molar-refractivity contribution in [1.29, 1.82) is 0 Å². The van der Waals surface area contributed by atoms with Gasteiger partial charge in [-0.25, -0.2) is 15.0 Å². The van der Waals surface area contributed by atoms with Crippen molar-refractivity contribution in [3.05, 3.63) is 76.9 Å². The maximum atomic E-state index is 11.2. The van der Waals surface area contributed by atoms with E-state index in [9.17, 15) is 10.2 Å². The first-order valence-electron chi connectivity index (χ1n) is 17.4. The lowest BCUT2D eigenvalue weighted by Gasteiger charge is -2.20. The molecular formula is C40H53N3O4. The van der Waals surface area contributed by atoms with E-state index in [1.54, 1.807) is 18.2 Å². The molecule has 2 N–H and O–H groups in total. The number of benzene rings is 3. The summed E-state index contributed by atoms with van der Waals surface area (Å²) in [6.07, 6.45) is 10.1. The number of nitrogens with zero attached hydrogens (tertiary/aromatic N) is 3. The molecule has 2 atom stereocenters. The molecule has 0 saturated heterocycles. The Morgan fingerprint density at radius 3 is 1.66 bits per heavy atom. The van der Waals surface area contributed by atoms with E-state index >= 15 is 0 Å². The highest BCUT2D eigenvalue weighted by atomic mass is 16.7. The average molecular weight is 640 g/mol. The van der Waals surface area contributed by atoms with Gasteiger partial charge in [0, 0.05) is 23.6 Å². The van der Waals surface area contributed by atoms with Crippen LogP contribution in [0.2, 0.25) is 0 Å². The zero-order valence-electron chi connectivity index (χ0n) is 29.2. The van der Waals surface area contributed by atoms with Crippen molar-refractivity contribution < 1.29 is 19.7 Å². The lowest BCUT2D eigenvalue weighted by atomic mass is 10.0. The Balaban J connectivity index is 1.46. The van der Waals surface area contributed by atoms with Gasteiger partial charge in [-0.2, -0.15) is 0 Å². The molecule has 0 fully saturated rings. The molecule has 7 nitrogen and oxygen atoms in total. The summed E-state index contributed by atoms with van der Waals surface area (Å²) < 4.78 is 12.0. The highest BCUT2D eigenvalue weighted by molar-refractivity contribution is 5.72. The number of aliphatic hydroxyl groups excluding tert-OH is 1. The number of aromatic hydroxyl groups is 1. The number of hydrogen-bond donors (Lipinski definition) is 2. The maximum absolute atomic E-state index is 11.2. The second-order valence-corrected chi connectivity index (χ2v) is 12.8. The number of ether oxygens (including phenoxy) is 2. The van der Waals surface area contributed by atoms with Crippen molar-refractivity contribution in [2.45, 2.75) is 118 Å². The number of hydrogen-bond acceptors (Lipinski definition) is 7. The Morgan fingerprint density at radius 2 is 1.15 bits per heavy atom. The topological polar surface area (TPSA) is 97.6 Å². The monoisotopic (exact) mass is 639 g/mol. The largest absolute Gasteiger partial charge is 0.507 e. The number of phenols is 1. The molecule has 0 spiro atoms. The fourth-order valence-corrected chi connectivity index (χ4v) is 5.84. The Morgan fingerprint density at radius 1 is 0.638 bits per heavy atom. The standard InChI is InChI=1S/C40H53N3O4/c1-7-9-10-11-12-13-14-15-16-31(44)26-46-37(8-2)47-32-19-22-35(36(45)25-32)40-42-38(33-20-17-27(3)23-29(33)5)41-39(43-40)34-21-18-28(4)24-30(34)6/h17-25,31,37,44-45H,7-16,26H2,1-6H3. The van der Waals surface area contributed by atoms with Gasteiger partial charge in [0.05, 0.1) is 18.3 Å². The van der Waals surface area contributed by atoms with Crippen LogP contribution < -0.4 is 4.74 Å². The molecule has 0 aliphatic rings. The van der Waals surface area contributed by atoms with Crippen LogP contribution in [-0.4, -0.2) is 44.2 Å². The number of rotatable bonds is 18. The first-order chi connectivity index (χ1) is 22.7. The van der Waals surface area contributed by atoms with E-state index in [1.165, 1.54) is 38.5 Å². The van der Waals surface area contributed by atoms with Gasteiger partial charge in [0.25, 0.3) is 0 Å². The zero-order valence-corrected chi connectivity index (χ0v) is 29.2. The Hall–Kier alpha value is -3.81. The van der Waals surface area contributed by atoms with Crippen molar-refractivity contribution in [2.24, 2.45) is 0 Å². The van der Waals surface area contributed by atoms with Crippen LogP contribution in [0.4, 0.5) is 0 Å². The normalized spacial score (nSPS) is 12.7. The van der Waals surface area contributed by atoms with Crippen LogP contribution in [0.1, 0.15) is 100 Å². The van der Waals surface area contributed by atoms with E-state index in [0.717, 1.165) is 52.6 Å². The summed E-state index contributed by atoms with van der Waals surface area (Å²) in [5.41, 5.74) is 6.76. The van der Waals surface area contributed by atoms with Gasteiger partial charge in [-0.15, -0.1) is 0 Å². The minimum Gasteiger partial charge on any atom is -0.507 e. The number of aromatic nitrogens is 3. The first kappa shape index (κ1) is 36.0. The Bertz CT molecular complexity index is 1520. The molecule has 0 radical (unpaired) electrons. The second kappa shape index (κ2) is 17.9. The third-order valence-corrected chi connectivity index (χ3v) is 8.56. The van der Waals surface area contributed by atoms with Crippen molar-refractivity contribution in [3.63, 3.8) is 0 Å². The zero-order chi connectivity index (χ0) is 33.8. The summed E-state index contributed by atoms with van der Waals surface area (Å²) in [7, 11) is 0. The predicted octanol–water partition coefficient (Wildman–Crippen LogP) is 9.84. The molecule has 4 aromatic rings. The number of aryl methyl sites for hydroxylation is 4. The number of phenolic OH excluding ortho intramolecular Hbond substituents is 1. The van der Waals surface area contributed by atoms with E-state index in [4.69, 9.17) is 24.4 Å². The van der Waals surface area contributed by atoms with E-state index < -0.39 is 12.4 Å². The highest BCUT2D eigenvalue weighted by Crippen LogP contribution is 2.34. The van der Waals surface area contributed by atoms with E-state index in [-0.39, 0.29) is 12.4 Å². The summed E-state index contributed by atoms with van der Waals surface area (Å²) >= 11 is 0. The van der Waals surface area contributed by atoms with Crippen molar-refractivity contribution in [3.8, 4) is 45.7 Å². The number of aliphatic hydroxyl groups is 1. The van der Waals surface area contributed by atoms with Gasteiger partial charge < -0.3 is 19.7 Å². The summed E-state index contributed by atoms with van der Waals surface area (Å²) in [6, 6.07) is 17.5. The van der Waals surface area contributed by atoms with E-state index in [1.807, 2.05) is 45.0 Å². The van der Waals surface area contributed by atoms with E-state index in [0.29, 0.717) is 35.2 Å². The lowest BCUT2D eigenvalue weighted by Crippen LogP contribution is -2.25. The minimum atomic E-state index is -0.544. The fraction of sp³-hybridized carbons (Fsp3) is 0.475. The molecule has 0 amide bonds. The van der Waals surface area contributed by atoms with Crippen LogP contribution in [0, 0.1) is 27.7 Å². The van der Waals surface area contributed by atoms with Gasteiger partial charge in [0.1, 0.15) is 11.5 Å². The molecular weight excluding hydrogens is 586 g/mol. The second-order valence-electron chi connectivity index (χ2n) is 12.8. The van der Waals surface area contributed by atoms with Crippen LogP contribution in [0.25, 0.3) is 34.2 Å². The van der Waals surface area contributed by atoms with Crippen molar-refractivity contribution in [1.82, 2.24) is 15.0 Å². The smallest absolute Gasteiger partial charge is 0.199 e. The Kier molecular flexibility index (Phi) is 13.7. The summed E-state index contributed by atoms with van der Waals surface area (Å²) in [5, 5.41) is 21.7. The van der Waals surface area contributed by atoms with Gasteiger partial charge in [-0.3, -0.25) is 0 Å². The lowest BCUT2D eigenvalue weighted by molar-refractivity contribution is -0.107. The predicted molar refractivity (Wildman–Crippen MR) is 191 cm³/mol. The molecule has 1 heterocycles. The van der Waals surface area contributed by atoms with Gasteiger partial charge in [0.2, 0.25) is 0 Å². The molecule has 47 heavy (non-hydrogen) atoms. The molecule has 2 unspecified atom stereocenters. The average Bonchev–Trinajstić information content (AvgIpc) is 3.04. The fourth-order valence-electron chi connectivity index (χ4n) is 5.84. The third kappa shape index (κ3) is 10.6. The molecule has 7 heteroatoms. The van der Waals surface area contributed by atoms with Gasteiger partial charge in [-0.05, 0) is 57.4 Å². The van der Waals surface area contributed by atoms with Crippen LogP contribution in [0.15, 0.2) is 54.6 Å². The van der Waals surface area contributed by atoms with Crippen molar-refractivity contribution in [2.75, 3.05) is 6.61 Å². The summed E-state index contributed by atoms with van der Waals surface area (Å²) in [6.45, 7) is 12.6. The van der Waals surface area contributed by atoms with Crippen LogP contribution in [-0.2, 0) is 4.74 Å². The first-order valence-corrected chi connectivity index (χ1v) is 17.4. The van der Waals surface area contributed by atoms with E-state index in [2.05, 4.69) is 32.9 Å². The quantitative estimate of drug-likeness (QED) is 0.0826. The van der Waals surface area contributed by atoms with Crippen LogP contribution in [0.3, 0.4) is 0 Å². The van der Waals surface area contributed by atoms with Gasteiger partial charge >= 0.3 is 0 Å². The molecule has 0 bridgehead atoms. The Labute approximate surface area is 281 Å². The molecule has 1 aromatic heterocycles. The molecule has 4 rings (SSSR count). The maximum Gasteiger partial charge on any atom is 0.199 e. The van der Waals surface area contributed by atoms with Crippen molar-refractivity contribution >= 4 is 0 Å². The van der Waals surface area contributed by atoms with Crippen LogP contribution >= 0.6 is 0 Å². The van der Waals surface area contributed by atoms with Gasteiger partial charge in [0.15, 0.2) is 23.8 Å². The van der Waals surface area contributed by atoms with Crippen LogP contribution in [0.5, 0.6) is 11.5 Å². The molecule has 252 valence electrons. The summed E-state index contributed by atoms with van der Waals surface area (Å²) in [5.74, 6) is 1.94. The highest BCUT2D eigenvalue weighted by Gasteiger charge is 2.19. The van der Waals surface area contributed by atoms with Gasteiger partial charge in [-0.1, -0.05) is 113 Å². The number of unbranched alkanes of at least 4 members (excludes halogenated alkanes) is 7. The molecule has 0 aliphatic heterocycles. The summed E-state index contributed by atoms with van der Waals surface area (Å²) in [4.78, 5) is 14.5. The SMILES string of the molecule is CCCCCCCCCCC(O)COC(CC)Oc1ccc(-c2nc(-c3ccc(C)cc3C)nc(-c3ccc(C)cc3C)n2)c(O)c1. The molecule has 0 saturated carbocycles. The third-order valence-electron chi connectivity index (χ3n) is 8.56. The molecule has 3 aromatic carbocycles. The molecule has 0 aliphatic carbocycles.